The van der Waals surface area contributed by atoms with Gasteiger partial charge in [-0.05, 0) is 30.7 Å². The van der Waals surface area contributed by atoms with Crippen LogP contribution in [0.3, 0.4) is 0 Å². The fraction of sp³-hybridized carbons (Fsp3) is 0.211. The van der Waals surface area contributed by atoms with Crippen molar-refractivity contribution in [3.63, 3.8) is 0 Å². The molecule has 0 unspecified atom stereocenters. The van der Waals surface area contributed by atoms with Crippen LogP contribution in [0.2, 0.25) is 5.02 Å². The number of carbonyl (C=O) groups excluding carboxylic acids is 1. The van der Waals surface area contributed by atoms with E-state index >= 15 is 0 Å². The average molecular weight is 371 g/mol. The molecule has 0 saturated carbocycles. The van der Waals surface area contributed by atoms with Crippen molar-refractivity contribution < 1.29 is 9.53 Å². The highest BCUT2D eigenvalue weighted by molar-refractivity contribution is 6.30. The zero-order valence-corrected chi connectivity index (χ0v) is 15.1. The predicted molar refractivity (Wildman–Crippen MR) is 101 cm³/mol. The topological polar surface area (TPSA) is 69.0 Å². The highest BCUT2D eigenvalue weighted by Crippen LogP contribution is 2.22. The van der Waals surface area contributed by atoms with Crippen LogP contribution in [0.15, 0.2) is 54.6 Å². The predicted octanol–water partition coefficient (Wildman–Crippen LogP) is 3.35. The van der Waals surface area contributed by atoms with E-state index in [1.54, 1.807) is 23.9 Å². The number of halogens is 1. The summed E-state index contributed by atoms with van der Waals surface area (Å²) in [5.74, 6) is 0.400. The molecule has 1 heterocycles. The molecule has 0 radical (unpaired) electrons. The average Bonchev–Trinajstić information content (AvgIpc) is 3.12. The van der Waals surface area contributed by atoms with Crippen molar-refractivity contribution in [2.45, 2.75) is 6.42 Å². The van der Waals surface area contributed by atoms with Crippen molar-refractivity contribution in [3.8, 4) is 17.1 Å². The maximum absolute atomic E-state index is 12.4. The normalized spacial score (nSPS) is 10.7. The standard InChI is InChI=1S/C19H19ClN4O2/c1-26-13-5-12-21-19(25)17-22-18(14-6-3-2-4-7-14)24(23-17)16-10-8-15(20)9-11-16/h2-4,6-11H,5,12-13H2,1H3,(H,21,25). The van der Waals surface area contributed by atoms with E-state index in [4.69, 9.17) is 16.3 Å². The van der Waals surface area contributed by atoms with Gasteiger partial charge in [0.1, 0.15) is 0 Å². The number of hydrogen-bond acceptors (Lipinski definition) is 4. The second kappa shape index (κ2) is 8.60. The van der Waals surface area contributed by atoms with Crippen molar-refractivity contribution in [2.75, 3.05) is 20.3 Å². The van der Waals surface area contributed by atoms with Crippen LogP contribution in [-0.4, -0.2) is 40.9 Å². The molecule has 0 fully saturated rings. The molecule has 1 amide bonds. The Bertz CT molecular complexity index is 863. The molecule has 134 valence electrons. The highest BCUT2D eigenvalue weighted by Gasteiger charge is 2.18. The Kier molecular flexibility index (Phi) is 5.99. The van der Waals surface area contributed by atoms with Gasteiger partial charge in [-0.1, -0.05) is 41.9 Å². The van der Waals surface area contributed by atoms with Crippen molar-refractivity contribution in [1.29, 1.82) is 0 Å². The summed E-state index contributed by atoms with van der Waals surface area (Å²) in [6.07, 6.45) is 0.728. The Morgan fingerprint density at radius 3 is 2.58 bits per heavy atom. The molecule has 0 aliphatic rings. The van der Waals surface area contributed by atoms with E-state index in [2.05, 4.69) is 15.4 Å². The smallest absolute Gasteiger partial charge is 0.290 e. The maximum Gasteiger partial charge on any atom is 0.290 e. The lowest BCUT2D eigenvalue weighted by molar-refractivity contribution is 0.0938. The first kappa shape index (κ1) is 18.1. The summed E-state index contributed by atoms with van der Waals surface area (Å²) in [4.78, 5) is 16.8. The molecule has 1 N–H and O–H groups in total. The second-order valence-electron chi connectivity index (χ2n) is 5.62. The lowest BCUT2D eigenvalue weighted by Crippen LogP contribution is -2.26. The number of hydrogen-bond donors (Lipinski definition) is 1. The van der Waals surface area contributed by atoms with Gasteiger partial charge in [0, 0.05) is 30.8 Å². The SMILES string of the molecule is COCCCNC(=O)c1nc(-c2ccccc2)n(-c2ccc(Cl)cc2)n1. The van der Waals surface area contributed by atoms with E-state index in [0.29, 0.717) is 24.0 Å². The van der Waals surface area contributed by atoms with E-state index in [0.717, 1.165) is 17.7 Å². The Labute approximate surface area is 156 Å². The third-order valence-electron chi connectivity index (χ3n) is 3.72. The molecular formula is C19H19ClN4O2. The summed E-state index contributed by atoms with van der Waals surface area (Å²) in [5, 5.41) is 7.84. The van der Waals surface area contributed by atoms with Crippen LogP contribution in [0.5, 0.6) is 0 Å². The van der Waals surface area contributed by atoms with E-state index in [-0.39, 0.29) is 11.7 Å². The summed E-state index contributed by atoms with van der Waals surface area (Å²) in [5.41, 5.74) is 1.65. The lowest BCUT2D eigenvalue weighted by Gasteiger charge is -2.05. The molecule has 3 rings (SSSR count). The molecule has 0 saturated heterocycles. The molecule has 1 aromatic heterocycles. The van der Waals surface area contributed by atoms with E-state index in [1.165, 1.54) is 0 Å². The number of amides is 1. The van der Waals surface area contributed by atoms with E-state index in [9.17, 15) is 4.79 Å². The molecule has 26 heavy (non-hydrogen) atoms. The van der Waals surface area contributed by atoms with Gasteiger partial charge in [0.05, 0.1) is 5.69 Å². The number of methoxy groups -OCH3 is 1. The number of ether oxygens (including phenoxy) is 1. The molecule has 2 aromatic carbocycles. The first-order valence-corrected chi connectivity index (χ1v) is 8.62. The van der Waals surface area contributed by atoms with Gasteiger partial charge in [0.2, 0.25) is 5.82 Å². The first-order chi connectivity index (χ1) is 12.7. The second-order valence-corrected chi connectivity index (χ2v) is 6.05. The summed E-state index contributed by atoms with van der Waals surface area (Å²) < 4.78 is 6.63. The molecule has 3 aromatic rings. The summed E-state index contributed by atoms with van der Waals surface area (Å²) in [7, 11) is 1.63. The van der Waals surface area contributed by atoms with E-state index < -0.39 is 0 Å². The Hall–Kier alpha value is -2.70. The summed E-state index contributed by atoms with van der Waals surface area (Å²) in [6.45, 7) is 1.09. The van der Waals surface area contributed by atoms with Gasteiger partial charge >= 0.3 is 0 Å². The summed E-state index contributed by atoms with van der Waals surface area (Å²) >= 11 is 5.97. The number of carbonyl (C=O) groups is 1. The minimum absolute atomic E-state index is 0.121. The van der Waals surface area contributed by atoms with Crippen LogP contribution in [0, 0.1) is 0 Å². The zero-order valence-electron chi connectivity index (χ0n) is 14.4. The Balaban J connectivity index is 1.93. The number of benzene rings is 2. The van der Waals surface area contributed by atoms with Gasteiger partial charge in [0.15, 0.2) is 5.82 Å². The van der Waals surface area contributed by atoms with Crippen LogP contribution < -0.4 is 5.32 Å². The van der Waals surface area contributed by atoms with Crippen LogP contribution in [0.25, 0.3) is 17.1 Å². The number of rotatable bonds is 7. The van der Waals surface area contributed by atoms with Crippen molar-refractivity contribution >= 4 is 17.5 Å². The molecule has 0 atom stereocenters. The highest BCUT2D eigenvalue weighted by atomic mass is 35.5. The molecule has 0 spiro atoms. The van der Waals surface area contributed by atoms with Crippen molar-refractivity contribution in [1.82, 2.24) is 20.1 Å². The van der Waals surface area contributed by atoms with Gasteiger partial charge in [-0.25, -0.2) is 9.67 Å². The monoisotopic (exact) mass is 370 g/mol. The zero-order chi connectivity index (χ0) is 18.4. The van der Waals surface area contributed by atoms with Crippen LogP contribution >= 0.6 is 11.6 Å². The van der Waals surface area contributed by atoms with E-state index in [1.807, 2.05) is 42.5 Å². The lowest BCUT2D eigenvalue weighted by atomic mass is 10.2. The Morgan fingerprint density at radius 1 is 1.15 bits per heavy atom. The van der Waals surface area contributed by atoms with Crippen molar-refractivity contribution in [3.05, 3.63) is 65.4 Å². The largest absolute Gasteiger partial charge is 0.385 e. The number of aromatic nitrogens is 3. The molecule has 0 aliphatic heterocycles. The quantitative estimate of drug-likeness (QED) is 0.647. The third kappa shape index (κ3) is 4.28. The third-order valence-corrected chi connectivity index (χ3v) is 3.98. The summed E-state index contributed by atoms with van der Waals surface area (Å²) in [6, 6.07) is 16.8. The van der Waals surface area contributed by atoms with Crippen LogP contribution in [0.4, 0.5) is 0 Å². The maximum atomic E-state index is 12.4. The Morgan fingerprint density at radius 2 is 1.88 bits per heavy atom. The van der Waals surface area contributed by atoms with Gasteiger partial charge in [0.25, 0.3) is 5.91 Å². The van der Waals surface area contributed by atoms with Gasteiger partial charge < -0.3 is 10.1 Å². The molecule has 0 bridgehead atoms. The van der Waals surface area contributed by atoms with Gasteiger partial charge in [-0.15, -0.1) is 5.10 Å². The minimum Gasteiger partial charge on any atom is -0.385 e. The fourth-order valence-corrected chi connectivity index (χ4v) is 2.57. The van der Waals surface area contributed by atoms with Crippen molar-refractivity contribution in [2.24, 2.45) is 0 Å². The minimum atomic E-state index is -0.314. The number of nitrogens with one attached hydrogen (secondary N) is 1. The first-order valence-electron chi connectivity index (χ1n) is 8.24. The molecular weight excluding hydrogens is 352 g/mol. The number of nitrogens with zero attached hydrogens (tertiary/aromatic N) is 3. The van der Waals surface area contributed by atoms with Crippen LogP contribution in [0.1, 0.15) is 17.0 Å². The van der Waals surface area contributed by atoms with Gasteiger partial charge in [-0.2, -0.15) is 0 Å². The fourth-order valence-electron chi connectivity index (χ4n) is 2.44. The molecule has 0 aliphatic carbocycles. The van der Waals surface area contributed by atoms with Gasteiger partial charge in [-0.3, -0.25) is 4.79 Å². The molecule has 7 heteroatoms. The molecule has 6 nitrogen and oxygen atoms in total. The van der Waals surface area contributed by atoms with Crippen LogP contribution in [-0.2, 0) is 4.74 Å².